The van der Waals surface area contributed by atoms with Gasteiger partial charge in [-0.2, -0.15) is 0 Å². The second kappa shape index (κ2) is 5.98. The average Bonchev–Trinajstić information content (AvgIpc) is 2.44. The number of aryl methyl sites for hydroxylation is 1. The lowest BCUT2D eigenvalue weighted by molar-refractivity contribution is 0.271. The van der Waals surface area contributed by atoms with Gasteiger partial charge in [-0.25, -0.2) is 4.39 Å². The molecule has 0 heterocycles. The molecule has 0 spiro atoms. The Bertz CT molecular complexity index is 582. The molecule has 110 valence electrons. The van der Waals surface area contributed by atoms with Gasteiger partial charge in [0.25, 0.3) is 0 Å². The molecule has 0 aromatic heterocycles. The molecule has 1 fully saturated rings. The lowest BCUT2D eigenvalue weighted by Gasteiger charge is -2.38. The molecule has 0 radical (unpaired) electrons. The van der Waals surface area contributed by atoms with Crippen LogP contribution in [0.1, 0.15) is 48.4 Å². The maximum Gasteiger partial charge on any atom is 0.123 e. The van der Waals surface area contributed by atoms with E-state index in [1.54, 1.807) is 0 Å². The Balaban J connectivity index is 1.52. The van der Waals surface area contributed by atoms with Gasteiger partial charge in [0, 0.05) is 12.1 Å². The van der Waals surface area contributed by atoms with Gasteiger partial charge in [-0.05, 0) is 55.9 Å². The van der Waals surface area contributed by atoms with E-state index in [4.69, 9.17) is 0 Å². The molecule has 0 aliphatic heterocycles. The van der Waals surface area contributed by atoms with Gasteiger partial charge in [-0.1, -0.05) is 42.0 Å². The van der Waals surface area contributed by atoms with Gasteiger partial charge in [-0.15, -0.1) is 0 Å². The van der Waals surface area contributed by atoms with Crippen molar-refractivity contribution in [2.24, 2.45) is 0 Å². The third-order valence-corrected chi connectivity index (χ3v) is 4.54. The summed E-state index contributed by atoms with van der Waals surface area (Å²) >= 11 is 0. The zero-order valence-corrected chi connectivity index (χ0v) is 12.6. The van der Waals surface area contributed by atoms with Gasteiger partial charge in [0.05, 0.1) is 0 Å². The van der Waals surface area contributed by atoms with Crippen LogP contribution in [0.4, 0.5) is 4.39 Å². The van der Waals surface area contributed by atoms with Crippen LogP contribution in [0.3, 0.4) is 0 Å². The minimum absolute atomic E-state index is 0.172. The van der Waals surface area contributed by atoms with Gasteiger partial charge < -0.3 is 5.32 Å². The molecule has 21 heavy (non-hydrogen) atoms. The molecule has 1 aliphatic rings. The Hall–Kier alpha value is -1.67. The summed E-state index contributed by atoms with van der Waals surface area (Å²) in [7, 11) is 0. The average molecular weight is 283 g/mol. The van der Waals surface area contributed by atoms with Gasteiger partial charge in [0.1, 0.15) is 5.82 Å². The van der Waals surface area contributed by atoms with E-state index < -0.39 is 0 Å². The fourth-order valence-electron chi connectivity index (χ4n) is 3.07. The van der Waals surface area contributed by atoms with Crippen LogP contribution in [0.15, 0.2) is 48.5 Å². The molecule has 2 aromatic carbocycles. The number of halogens is 1. The molecule has 1 atom stereocenters. The van der Waals surface area contributed by atoms with Crippen LogP contribution in [0.2, 0.25) is 0 Å². The summed E-state index contributed by atoms with van der Waals surface area (Å²) in [6, 6.07) is 16.5. The Labute approximate surface area is 126 Å². The predicted molar refractivity (Wildman–Crippen MR) is 84.9 cm³/mol. The summed E-state index contributed by atoms with van der Waals surface area (Å²) in [6.07, 6.45) is 2.38. The van der Waals surface area contributed by atoms with E-state index in [0.29, 0.717) is 12.0 Å². The summed E-state index contributed by atoms with van der Waals surface area (Å²) in [6.45, 7) is 4.27. The summed E-state index contributed by atoms with van der Waals surface area (Å²) in [5.74, 6) is 0.512. The first-order chi connectivity index (χ1) is 10.1. The van der Waals surface area contributed by atoms with Crippen LogP contribution in [0.5, 0.6) is 0 Å². The molecular weight excluding hydrogens is 261 g/mol. The Morgan fingerprint density at radius 3 is 2.24 bits per heavy atom. The maximum atomic E-state index is 12.9. The molecule has 1 N–H and O–H groups in total. The van der Waals surface area contributed by atoms with Crippen molar-refractivity contribution in [1.29, 1.82) is 0 Å². The number of benzene rings is 2. The molecular formula is C19H22FN. The van der Waals surface area contributed by atoms with Crippen molar-refractivity contribution >= 4 is 0 Å². The fraction of sp³-hybridized carbons (Fsp3) is 0.368. The highest BCUT2D eigenvalue weighted by molar-refractivity contribution is 5.27. The van der Waals surface area contributed by atoms with Crippen LogP contribution >= 0.6 is 0 Å². The highest BCUT2D eigenvalue weighted by Crippen LogP contribution is 2.37. The third-order valence-electron chi connectivity index (χ3n) is 4.54. The molecule has 1 nitrogen and oxygen atoms in total. The Morgan fingerprint density at radius 1 is 1.00 bits per heavy atom. The van der Waals surface area contributed by atoms with Gasteiger partial charge in [0.2, 0.25) is 0 Å². The molecule has 1 aliphatic carbocycles. The molecule has 3 rings (SSSR count). The number of hydrogen-bond donors (Lipinski definition) is 1. The second-order valence-corrected chi connectivity index (χ2v) is 6.22. The Morgan fingerprint density at radius 2 is 1.62 bits per heavy atom. The highest BCUT2D eigenvalue weighted by Gasteiger charge is 2.30. The van der Waals surface area contributed by atoms with Crippen molar-refractivity contribution < 1.29 is 4.39 Å². The fourth-order valence-corrected chi connectivity index (χ4v) is 3.07. The SMILES string of the molecule is Cc1ccc(C2CC(N[C@H](C)c3ccc(F)cc3)C2)cc1. The van der Waals surface area contributed by atoms with Crippen molar-refractivity contribution in [2.45, 2.75) is 44.7 Å². The second-order valence-electron chi connectivity index (χ2n) is 6.22. The van der Waals surface area contributed by atoms with Crippen molar-refractivity contribution in [3.8, 4) is 0 Å². The lowest BCUT2D eigenvalue weighted by atomic mass is 9.75. The highest BCUT2D eigenvalue weighted by atomic mass is 19.1. The summed E-state index contributed by atoms with van der Waals surface area (Å²) in [5, 5.41) is 3.64. The Kier molecular flexibility index (Phi) is 4.07. The van der Waals surface area contributed by atoms with E-state index in [0.717, 1.165) is 5.56 Å². The van der Waals surface area contributed by atoms with Gasteiger partial charge in [-0.3, -0.25) is 0 Å². The van der Waals surface area contributed by atoms with Crippen LogP contribution in [0.25, 0.3) is 0 Å². The molecule has 2 heteroatoms. The molecule has 0 amide bonds. The molecule has 0 unspecified atom stereocenters. The number of nitrogens with one attached hydrogen (secondary N) is 1. The molecule has 0 bridgehead atoms. The topological polar surface area (TPSA) is 12.0 Å². The van der Waals surface area contributed by atoms with Crippen molar-refractivity contribution in [1.82, 2.24) is 5.32 Å². The van der Waals surface area contributed by atoms with Crippen LogP contribution in [-0.2, 0) is 0 Å². The zero-order valence-electron chi connectivity index (χ0n) is 12.6. The van der Waals surface area contributed by atoms with E-state index in [1.165, 1.54) is 36.1 Å². The van der Waals surface area contributed by atoms with Crippen LogP contribution in [0, 0.1) is 12.7 Å². The minimum Gasteiger partial charge on any atom is -0.307 e. The first-order valence-electron chi connectivity index (χ1n) is 7.70. The number of rotatable bonds is 4. The van der Waals surface area contributed by atoms with Crippen LogP contribution < -0.4 is 5.32 Å². The van der Waals surface area contributed by atoms with E-state index in [1.807, 2.05) is 12.1 Å². The van der Waals surface area contributed by atoms with E-state index in [9.17, 15) is 4.39 Å². The summed E-state index contributed by atoms with van der Waals surface area (Å²) in [4.78, 5) is 0. The van der Waals surface area contributed by atoms with Gasteiger partial charge >= 0.3 is 0 Å². The van der Waals surface area contributed by atoms with Crippen molar-refractivity contribution in [3.63, 3.8) is 0 Å². The molecule has 0 saturated heterocycles. The van der Waals surface area contributed by atoms with Crippen molar-refractivity contribution in [2.75, 3.05) is 0 Å². The predicted octanol–water partition coefficient (Wildman–Crippen LogP) is 4.73. The van der Waals surface area contributed by atoms with Crippen molar-refractivity contribution in [3.05, 3.63) is 71.0 Å². The maximum absolute atomic E-state index is 12.9. The van der Waals surface area contributed by atoms with E-state index >= 15 is 0 Å². The smallest absolute Gasteiger partial charge is 0.123 e. The van der Waals surface area contributed by atoms with E-state index in [2.05, 4.69) is 43.4 Å². The monoisotopic (exact) mass is 283 g/mol. The zero-order chi connectivity index (χ0) is 14.8. The molecule has 2 aromatic rings. The summed E-state index contributed by atoms with van der Waals surface area (Å²) in [5.41, 5.74) is 3.92. The normalized spacial score (nSPS) is 22.6. The largest absolute Gasteiger partial charge is 0.307 e. The standard InChI is InChI=1S/C19H22FN/c1-13-3-5-16(6-4-13)17-11-19(12-17)21-14(2)15-7-9-18(20)10-8-15/h3-10,14,17,19,21H,11-12H2,1-2H3/t14-,17?,19?/m1/s1. The lowest BCUT2D eigenvalue weighted by Crippen LogP contribution is -2.41. The van der Waals surface area contributed by atoms with E-state index in [-0.39, 0.29) is 11.9 Å². The first kappa shape index (κ1) is 14.3. The quantitative estimate of drug-likeness (QED) is 0.855. The molecule has 1 saturated carbocycles. The van der Waals surface area contributed by atoms with Gasteiger partial charge in [0.15, 0.2) is 0 Å². The first-order valence-corrected chi connectivity index (χ1v) is 7.70. The minimum atomic E-state index is -0.172. The third kappa shape index (κ3) is 3.33. The number of hydrogen-bond acceptors (Lipinski definition) is 1. The van der Waals surface area contributed by atoms with Crippen LogP contribution in [-0.4, -0.2) is 6.04 Å². The summed E-state index contributed by atoms with van der Waals surface area (Å²) < 4.78 is 12.9.